The topological polar surface area (TPSA) is 21.3 Å². The molecule has 0 saturated carbocycles. The highest BCUT2D eigenvalue weighted by Gasteiger charge is 2.01. The fourth-order valence-electron chi connectivity index (χ4n) is 1.99. The van der Waals surface area contributed by atoms with E-state index in [-0.39, 0.29) is 0 Å². The van der Waals surface area contributed by atoms with E-state index in [1.54, 1.807) is 18.2 Å². The van der Waals surface area contributed by atoms with Crippen molar-refractivity contribution < 1.29 is 4.74 Å². The van der Waals surface area contributed by atoms with E-state index in [9.17, 15) is 0 Å². The van der Waals surface area contributed by atoms with Gasteiger partial charge in [-0.3, -0.25) is 0 Å². The van der Waals surface area contributed by atoms with Crippen molar-refractivity contribution in [3.05, 3.63) is 63.6 Å². The summed E-state index contributed by atoms with van der Waals surface area (Å²) in [6, 6.07) is 13.7. The molecule has 112 valence electrons. The molecule has 2 aromatic rings. The Balaban J connectivity index is 1.88. The molecule has 0 saturated heterocycles. The molecule has 0 unspecified atom stereocenters. The maximum absolute atomic E-state index is 5.94. The number of hydrogen-bond donors (Lipinski definition) is 1. The number of likely N-dealkylation sites (N-methyl/N-ethyl adjacent to an activating group) is 1. The molecule has 0 radical (unpaired) electrons. The smallest absolute Gasteiger partial charge is 0.122 e. The average molecular weight is 324 g/mol. The van der Waals surface area contributed by atoms with Gasteiger partial charge in [0, 0.05) is 10.0 Å². The van der Waals surface area contributed by atoms with Crippen LogP contribution in [0, 0.1) is 0 Å². The van der Waals surface area contributed by atoms with Crippen molar-refractivity contribution in [3.63, 3.8) is 0 Å². The van der Waals surface area contributed by atoms with Crippen molar-refractivity contribution >= 4 is 23.2 Å². The second kappa shape index (κ2) is 8.28. The quantitative estimate of drug-likeness (QED) is 0.744. The highest BCUT2D eigenvalue weighted by atomic mass is 35.5. The molecule has 0 amide bonds. The molecule has 2 aromatic carbocycles. The molecule has 1 N–H and O–H groups in total. The highest BCUT2D eigenvalue weighted by molar-refractivity contribution is 6.34. The van der Waals surface area contributed by atoms with E-state index in [0.29, 0.717) is 22.4 Å². The summed E-state index contributed by atoms with van der Waals surface area (Å²) >= 11 is 11.9. The predicted octanol–water partition coefficient (Wildman–Crippen LogP) is 4.72. The SMILES string of the molecule is CCNCCc1ccc(COc2cc(Cl)cc(Cl)c2)cc1. The van der Waals surface area contributed by atoms with Crippen LogP contribution in [0.5, 0.6) is 5.75 Å². The number of ether oxygens (including phenoxy) is 1. The van der Waals surface area contributed by atoms with Crippen molar-refractivity contribution in [1.82, 2.24) is 5.32 Å². The second-order valence-electron chi connectivity index (χ2n) is 4.81. The molecular weight excluding hydrogens is 305 g/mol. The Morgan fingerprint density at radius 3 is 2.19 bits per heavy atom. The lowest BCUT2D eigenvalue weighted by atomic mass is 10.1. The minimum absolute atomic E-state index is 0.504. The lowest BCUT2D eigenvalue weighted by Gasteiger charge is -2.08. The van der Waals surface area contributed by atoms with Crippen LogP contribution < -0.4 is 10.1 Å². The molecule has 0 bridgehead atoms. The molecule has 0 spiro atoms. The Morgan fingerprint density at radius 2 is 1.57 bits per heavy atom. The van der Waals surface area contributed by atoms with E-state index in [0.717, 1.165) is 25.1 Å². The van der Waals surface area contributed by atoms with Gasteiger partial charge in [-0.25, -0.2) is 0 Å². The van der Waals surface area contributed by atoms with Crippen LogP contribution in [0.4, 0.5) is 0 Å². The van der Waals surface area contributed by atoms with Gasteiger partial charge in [-0.15, -0.1) is 0 Å². The summed E-state index contributed by atoms with van der Waals surface area (Å²) in [5.41, 5.74) is 2.45. The van der Waals surface area contributed by atoms with Crippen LogP contribution in [-0.4, -0.2) is 13.1 Å². The largest absolute Gasteiger partial charge is 0.489 e. The van der Waals surface area contributed by atoms with E-state index in [2.05, 4.69) is 36.5 Å². The molecule has 0 fully saturated rings. The maximum Gasteiger partial charge on any atom is 0.122 e. The molecule has 0 heterocycles. The lowest BCUT2D eigenvalue weighted by Crippen LogP contribution is -2.15. The lowest BCUT2D eigenvalue weighted by molar-refractivity contribution is 0.306. The zero-order valence-corrected chi connectivity index (χ0v) is 13.5. The maximum atomic E-state index is 5.94. The first kappa shape index (κ1) is 16.2. The molecule has 4 heteroatoms. The number of rotatable bonds is 7. The summed E-state index contributed by atoms with van der Waals surface area (Å²) in [7, 11) is 0. The Hall–Kier alpha value is -1.22. The minimum atomic E-state index is 0.504. The van der Waals surface area contributed by atoms with E-state index in [1.165, 1.54) is 5.56 Å². The van der Waals surface area contributed by atoms with Gasteiger partial charge in [0.25, 0.3) is 0 Å². The third-order valence-electron chi connectivity index (χ3n) is 3.10. The van der Waals surface area contributed by atoms with Crippen molar-refractivity contribution in [2.45, 2.75) is 20.0 Å². The monoisotopic (exact) mass is 323 g/mol. The fourth-order valence-corrected chi connectivity index (χ4v) is 2.50. The van der Waals surface area contributed by atoms with Crippen LogP contribution in [0.3, 0.4) is 0 Å². The first-order valence-corrected chi connectivity index (χ1v) is 7.80. The number of halogens is 2. The molecule has 0 aromatic heterocycles. The van der Waals surface area contributed by atoms with E-state index in [1.807, 2.05) is 0 Å². The summed E-state index contributed by atoms with van der Waals surface area (Å²) in [6.45, 7) is 4.63. The zero-order valence-electron chi connectivity index (χ0n) is 12.0. The molecule has 0 atom stereocenters. The van der Waals surface area contributed by atoms with Crippen molar-refractivity contribution in [1.29, 1.82) is 0 Å². The summed E-state index contributed by atoms with van der Waals surface area (Å²) in [5.74, 6) is 0.684. The van der Waals surface area contributed by atoms with Crippen LogP contribution in [0.15, 0.2) is 42.5 Å². The summed E-state index contributed by atoms with van der Waals surface area (Å²) in [5, 5.41) is 4.48. The number of hydrogen-bond acceptors (Lipinski definition) is 2. The van der Waals surface area contributed by atoms with Gasteiger partial charge >= 0.3 is 0 Å². The molecular formula is C17H19Cl2NO. The normalized spacial score (nSPS) is 10.6. The van der Waals surface area contributed by atoms with Gasteiger partial charge in [-0.1, -0.05) is 54.4 Å². The molecule has 2 rings (SSSR count). The van der Waals surface area contributed by atoms with Gasteiger partial charge in [-0.2, -0.15) is 0 Å². The van der Waals surface area contributed by atoms with Crippen molar-refractivity contribution in [3.8, 4) is 5.75 Å². The molecule has 0 aliphatic heterocycles. The van der Waals surface area contributed by atoms with Crippen molar-refractivity contribution in [2.24, 2.45) is 0 Å². The highest BCUT2D eigenvalue weighted by Crippen LogP contribution is 2.24. The van der Waals surface area contributed by atoms with Crippen LogP contribution in [0.1, 0.15) is 18.1 Å². The van der Waals surface area contributed by atoms with Crippen molar-refractivity contribution in [2.75, 3.05) is 13.1 Å². The van der Waals surface area contributed by atoms with Gasteiger partial charge in [-0.05, 0) is 48.8 Å². The van der Waals surface area contributed by atoms with Crippen LogP contribution >= 0.6 is 23.2 Å². The standard InChI is InChI=1S/C17H19Cl2NO/c1-2-20-8-7-13-3-5-14(6-4-13)12-21-17-10-15(18)9-16(19)11-17/h3-6,9-11,20H,2,7-8,12H2,1H3. The molecule has 0 aliphatic rings. The fraction of sp³-hybridized carbons (Fsp3) is 0.294. The first-order chi connectivity index (χ1) is 10.2. The third kappa shape index (κ3) is 5.58. The molecule has 2 nitrogen and oxygen atoms in total. The van der Waals surface area contributed by atoms with Gasteiger partial charge in [0.05, 0.1) is 0 Å². The van der Waals surface area contributed by atoms with Crippen LogP contribution in [0.2, 0.25) is 10.0 Å². The van der Waals surface area contributed by atoms with Gasteiger partial charge in [0.1, 0.15) is 12.4 Å². The van der Waals surface area contributed by atoms with Gasteiger partial charge < -0.3 is 10.1 Å². The van der Waals surface area contributed by atoms with E-state index >= 15 is 0 Å². The first-order valence-electron chi connectivity index (χ1n) is 7.05. The van der Waals surface area contributed by atoms with Gasteiger partial charge in [0.2, 0.25) is 0 Å². The summed E-state index contributed by atoms with van der Waals surface area (Å²) in [6.07, 6.45) is 1.04. The average Bonchev–Trinajstić information content (AvgIpc) is 2.46. The Bertz CT molecular complexity index is 549. The zero-order chi connectivity index (χ0) is 15.1. The summed E-state index contributed by atoms with van der Waals surface area (Å²) < 4.78 is 5.71. The Kier molecular flexibility index (Phi) is 6.37. The van der Waals surface area contributed by atoms with E-state index in [4.69, 9.17) is 27.9 Å². The Morgan fingerprint density at radius 1 is 0.952 bits per heavy atom. The third-order valence-corrected chi connectivity index (χ3v) is 3.54. The predicted molar refractivity (Wildman–Crippen MR) is 89.5 cm³/mol. The van der Waals surface area contributed by atoms with Crippen LogP contribution in [0.25, 0.3) is 0 Å². The second-order valence-corrected chi connectivity index (χ2v) is 5.69. The molecule has 0 aliphatic carbocycles. The number of benzene rings is 2. The minimum Gasteiger partial charge on any atom is -0.489 e. The van der Waals surface area contributed by atoms with Crippen LogP contribution in [-0.2, 0) is 13.0 Å². The van der Waals surface area contributed by atoms with Gasteiger partial charge in [0.15, 0.2) is 0 Å². The number of nitrogens with one attached hydrogen (secondary N) is 1. The molecule has 21 heavy (non-hydrogen) atoms. The summed E-state index contributed by atoms with van der Waals surface area (Å²) in [4.78, 5) is 0. The van der Waals surface area contributed by atoms with E-state index < -0.39 is 0 Å². The Labute approximate surface area is 136 Å².